The summed E-state index contributed by atoms with van der Waals surface area (Å²) in [5.74, 6) is 0.176. The Kier molecular flexibility index (Phi) is 4.66. The van der Waals surface area contributed by atoms with Gasteiger partial charge in [0.2, 0.25) is 5.91 Å². The fourth-order valence-corrected chi connectivity index (χ4v) is 3.89. The molecule has 2 aromatic rings. The van der Waals surface area contributed by atoms with E-state index in [0.717, 1.165) is 11.1 Å². The van der Waals surface area contributed by atoms with Crippen molar-refractivity contribution >= 4 is 11.8 Å². The largest absolute Gasteiger partial charge is 0.356 e. The lowest BCUT2D eigenvalue weighted by Gasteiger charge is -2.45. The average molecular weight is 365 g/mol. The van der Waals surface area contributed by atoms with E-state index in [9.17, 15) is 9.59 Å². The Labute approximate surface area is 158 Å². The van der Waals surface area contributed by atoms with Crippen LogP contribution in [0.5, 0.6) is 0 Å². The first-order chi connectivity index (χ1) is 13.1. The zero-order valence-corrected chi connectivity index (χ0v) is 15.5. The summed E-state index contributed by atoms with van der Waals surface area (Å²) in [5.41, 5.74) is 3.20. The Morgan fingerprint density at radius 3 is 2.56 bits per heavy atom. The summed E-state index contributed by atoms with van der Waals surface area (Å²) in [7, 11) is 1.75. The summed E-state index contributed by atoms with van der Waals surface area (Å²) in [6, 6.07) is 11.4. The van der Waals surface area contributed by atoms with Crippen LogP contribution in [-0.2, 0) is 14.3 Å². The first kappa shape index (κ1) is 17.7. The first-order valence-corrected chi connectivity index (χ1v) is 9.17. The molecule has 2 atom stereocenters. The van der Waals surface area contributed by atoms with Crippen molar-refractivity contribution in [3.8, 4) is 0 Å². The molecule has 6 heteroatoms. The second-order valence-corrected chi connectivity index (χ2v) is 7.26. The molecule has 3 heterocycles. The Morgan fingerprint density at radius 2 is 1.85 bits per heavy atom. The molecule has 0 radical (unpaired) electrons. The lowest BCUT2D eigenvalue weighted by molar-refractivity contribution is -0.170. The van der Waals surface area contributed by atoms with E-state index in [4.69, 9.17) is 4.74 Å². The summed E-state index contributed by atoms with van der Waals surface area (Å²) in [5, 5.41) is 0. The maximum absolute atomic E-state index is 13.2. The Morgan fingerprint density at radius 1 is 1.15 bits per heavy atom. The molecule has 2 fully saturated rings. The average Bonchev–Trinajstić information content (AvgIpc) is 2.64. The maximum atomic E-state index is 13.2. The number of morpholine rings is 1. The first-order valence-electron chi connectivity index (χ1n) is 9.17. The number of amides is 2. The van der Waals surface area contributed by atoms with Gasteiger partial charge in [0, 0.05) is 38.4 Å². The van der Waals surface area contributed by atoms with Gasteiger partial charge in [0.15, 0.2) is 6.10 Å². The molecule has 27 heavy (non-hydrogen) atoms. The van der Waals surface area contributed by atoms with E-state index in [1.807, 2.05) is 48.2 Å². The summed E-state index contributed by atoms with van der Waals surface area (Å²) in [4.78, 5) is 32.9. The van der Waals surface area contributed by atoms with E-state index in [-0.39, 0.29) is 18.4 Å². The van der Waals surface area contributed by atoms with Gasteiger partial charge >= 0.3 is 0 Å². The van der Waals surface area contributed by atoms with Crippen LogP contribution in [-0.4, -0.2) is 59.4 Å². The molecule has 4 rings (SSSR count). The third-order valence-electron chi connectivity index (χ3n) is 5.61. The molecular formula is C21H23N3O3. The third-order valence-corrected chi connectivity index (χ3v) is 5.61. The van der Waals surface area contributed by atoms with Gasteiger partial charge in [0.25, 0.3) is 5.91 Å². The highest BCUT2D eigenvalue weighted by molar-refractivity contribution is 5.87. The topological polar surface area (TPSA) is 62.7 Å². The van der Waals surface area contributed by atoms with Crippen LogP contribution >= 0.6 is 0 Å². The van der Waals surface area contributed by atoms with E-state index in [1.165, 1.54) is 5.56 Å². The number of pyridine rings is 1. The van der Waals surface area contributed by atoms with Crippen LogP contribution in [0, 0.1) is 6.92 Å². The number of likely N-dealkylation sites (tertiary alicyclic amines) is 1. The normalized spacial score (nSPS) is 23.3. The Bertz CT molecular complexity index is 849. The Hall–Kier alpha value is -2.73. The number of carbonyl (C=O) groups excluding carboxylic acids is 2. The maximum Gasteiger partial charge on any atom is 0.254 e. The van der Waals surface area contributed by atoms with Crippen molar-refractivity contribution in [1.82, 2.24) is 14.8 Å². The molecule has 0 bridgehead atoms. The highest BCUT2D eigenvalue weighted by atomic mass is 16.5. The fourth-order valence-electron chi connectivity index (χ4n) is 3.89. The predicted molar refractivity (Wildman–Crippen MR) is 100.0 cm³/mol. The zero-order valence-electron chi connectivity index (χ0n) is 15.5. The summed E-state index contributed by atoms with van der Waals surface area (Å²) in [6.45, 7) is 3.27. The van der Waals surface area contributed by atoms with Crippen molar-refractivity contribution in [3.05, 3.63) is 65.5 Å². The second kappa shape index (κ2) is 7.12. The van der Waals surface area contributed by atoms with E-state index in [0.29, 0.717) is 19.0 Å². The number of aromatic nitrogens is 1. The minimum Gasteiger partial charge on any atom is -0.356 e. The van der Waals surface area contributed by atoms with Gasteiger partial charge in [-0.05, 0) is 35.7 Å². The number of aryl methyl sites for hydroxylation is 1. The smallest absolute Gasteiger partial charge is 0.254 e. The number of ether oxygens (including phenoxy) is 1. The van der Waals surface area contributed by atoms with Crippen LogP contribution in [0.4, 0.5) is 0 Å². The molecule has 0 spiro atoms. The summed E-state index contributed by atoms with van der Waals surface area (Å²) in [6.07, 6.45) is 2.88. The standard InChI is InChI=1S/C21H23N3O3/c1-14-5-3-4-6-17(14)19-20(27-13-18(25)23(19)2)21(26)24-11-16(12-24)15-7-9-22-10-8-15/h3-10,16,19-20H,11-13H2,1-2H3. The van der Waals surface area contributed by atoms with E-state index in [1.54, 1.807) is 24.3 Å². The molecule has 0 aliphatic carbocycles. The fraction of sp³-hybridized carbons (Fsp3) is 0.381. The van der Waals surface area contributed by atoms with Crippen LogP contribution < -0.4 is 0 Å². The highest BCUT2D eigenvalue weighted by Gasteiger charge is 2.44. The predicted octanol–water partition coefficient (Wildman–Crippen LogP) is 1.91. The highest BCUT2D eigenvalue weighted by Crippen LogP contribution is 2.34. The lowest BCUT2D eigenvalue weighted by Crippen LogP contribution is -2.58. The number of rotatable bonds is 3. The van der Waals surface area contributed by atoms with Gasteiger partial charge in [-0.15, -0.1) is 0 Å². The van der Waals surface area contributed by atoms with Gasteiger partial charge in [0.1, 0.15) is 6.61 Å². The zero-order chi connectivity index (χ0) is 19.0. The molecule has 1 aromatic carbocycles. The van der Waals surface area contributed by atoms with Crippen LogP contribution in [0.15, 0.2) is 48.8 Å². The van der Waals surface area contributed by atoms with Crippen LogP contribution in [0.3, 0.4) is 0 Å². The molecule has 2 aliphatic rings. The number of hydrogen-bond donors (Lipinski definition) is 0. The SMILES string of the molecule is Cc1ccccc1C1C(C(=O)N2CC(c3ccncc3)C2)OCC(=O)N1C. The minimum absolute atomic E-state index is 0.0482. The summed E-state index contributed by atoms with van der Waals surface area (Å²) >= 11 is 0. The molecule has 6 nitrogen and oxygen atoms in total. The lowest BCUT2D eigenvalue weighted by atomic mass is 9.89. The minimum atomic E-state index is -0.674. The molecule has 1 aromatic heterocycles. The summed E-state index contributed by atoms with van der Waals surface area (Å²) < 4.78 is 5.75. The molecule has 2 aliphatic heterocycles. The van der Waals surface area contributed by atoms with Crippen molar-refractivity contribution in [2.75, 3.05) is 26.7 Å². The van der Waals surface area contributed by atoms with E-state index >= 15 is 0 Å². The van der Waals surface area contributed by atoms with Gasteiger partial charge in [-0.3, -0.25) is 14.6 Å². The van der Waals surface area contributed by atoms with Crippen molar-refractivity contribution in [1.29, 1.82) is 0 Å². The van der Waals surface area contributed by atoms with Gasteiger partial charge in [-0.1, -0.05) is 24.3 Å². The number of likely N-dealkylation sites (N-methyl/N-ethyl adjacent to an activating group) is 1. The Balaban J connectivity index is 1.53. The molecule has 0 saturated carbocycles. The van der Waals surface area contributed by atoms with Crippen molar-refractivity contribution in [2.45, 2.75) is 25.0 Å². The number of hydrogen-bond acceptors (Lipinski definition) is 4. The number of benzene rings is 1. The molecular weight excluding hydrogens is 342 g/mol. The number of carbonyl (C=O) groups is 2. The van der Waals surface area contributed by atoms with Gasteiger partial charge in [0.05, 0.1) is 6.04 Å². The molecule has 2 amide bonds. The van der Waals surface area contributed by atoms with E-state index < -0.39 is 12.1 Å². The quantitative estimate of drug-likeness (QED) is 0.834. The van der Waals surface area contributed by atoms with Crippen molar-refractivity contribution < 1.29 is 14.3 Å². The van der Waals surface area contributed by atoms with Crippen molar-refractivity contribution in [2.24, 2.45) is 0 Å². The number of nitrogens with zero attached hydrogens (tertiary/aromatic N) is 3. The third kappa shape index (κ3) is 3.21. The molecule has 0 N–H and O–H groups in total. The van der Waals surface area contributed by atoms with Crippen molar-refractivity contribution in [3.63, 3.8) is 0 Å². The van der Waals surface area contributed by atoms with Crippen LogP contribution in [0.2, 0.25) is 0 Å². The van der Waals surface area contributed by atoms with Crippen LogP contribution in [0.1, 0.15) is 28.7 Å². The monoisotopic (exact) mass is 365 g/mol. The van der Waals surface area contributed by atoms with Gasteiger partial charge in [-0.2, -0.15) is 0 Å². The van der Waals surface area contributed by atoms with Crippen LogP contribution in [0.25, 0.3) is 0 Å². The van der Waals surface area contributed by atoms with Gasteiger partial charge < -0.3 is 14.5 Å². The molecule has 2 saturated heterocycles. The molecule has 2 unspecified atom stereocenters. The molecule has 140 valence electrons. The second-order valence-electron chi connectivity index (χ2n) is 7.26. The van der Waals surface area contributed by atoms with Gasteiger partial charge in [-0.25, -0.2) is 0 Å². The van der Waals surface area contributed by atoms with E-state index in [2.05, 4.69) is 4.98 Å².